The summed E-state index contributed by atoms with van der Waals surface area (Å²) in [6.07, 6.45) is 0.915. The summed E-state index contributed by atoms with van der Waals surface area (Å²) in [4.78, 5) is 20.7. The SMILES string of the molecule is Cc1ccc([N+](=O)[O-])cc1NCCCC(N)=O. The van der Waals surface area contributed by atoms with Crippen LogP contribution in [0.15, 0.2) is 18.2 Å². The molecule has 3 N–H and O–H groups in total. The Hall–Kier alpha value is -2.11. The third-order valence-corrected chi connectivity index (χ3v) is 2.35. The number of carbonyl (C=O) groups is 1. The van der Waals surface area contributed by atoms with Crippen LogP contribution in [0.3, 0.4) is 0 Å². The predicted molar refractivity (Wildman–Crippen MR) is 64.8 cm³/mol. The fraction of sp³-hybridized carbons (Fsp3) is 0.364. The molecular formula is C11H15N3O3. The summed E-state index contributed by atoms with van der Waals surface area (Å²) >= 11 is 0. The lowest BCUT2D eigenvalue weighted by Crippen LogP contribution is -2.13. The molecule has 0 unspecified atom stereocenters. The van der Waals surface area contributed by atoms with Crippen LogP contribution in [-0.4, -0.2) is 17.4 Å². The van der Waals surface area contributed by atoms with E-state index >= 15 is 0 Å². The van der Waals surface area contributed by atoms with Crippen molar-refractivity contribution in [2.45, 2.75) is 19.8 Å². The molecule has 0 fully saturated rings. The number of primary amides is 1. The molecule has 6 nitrogen and oxygen atoms in total. The molecule has 0 aliphatic heterocycles. The molecule has 0 aliphatic carbocycles. The molecule has 0 saturated heterocycles. The van der Waals surface area contributed by atoms with Crippen LogP contribution in [0.4, 0.5) is 11.4 Å². The van der Waals surface area contributed by atoms with Gasteiger partial charge in [-0.1, -0.05) is 6.07 Å². The van der Waals surface area contributed by atoms with Crippen LogP contribution in [0.1, 0.15) is 18.4 Å². The Morgan fingerprint density at radius 1 is 1.53 bits per heavy atom. The van der Waals surface area contributed by atoms with Gasteiger partial charge in [0, 0.05) is 30.8 Å². The van der Waals surface area contributed by atoms with Crippen molar-refractivity contribution in [2.24, 2.45) is 5.73 Å². The van der Waals surface area contributed by atoms with E-state index in [9.17, 15) is 14.9 Å². The minimum atomic E-state index is -0.436. The van der Waals surface area contributed by atoms with E-state index in [4.69, 9.17) is 5.73 Å². The number of hydrogen-bond acceptors (Lipinski definition) is 4. The van der Waals surface area contributed by atoms with Gasteiger partial charge in [-0.15, -0.1) is 0 Å². The van der Waals surface area contributed by atoms with Crippen LogP contribution in [0.2, 0.25) is 0 Å². The minimum absolute atomic E-state index is 0.0491. The Morgan fingerprint density at radius 2 is 2.24 bits per heavy atom. The van der Waals surface area contributed by atoms with Crippen molar-refractivity contribution < 1.29 is 9.72 Å². The molecule has 0 atom stereocenters. The zero-order valence-electron chi connectivity index (χ0n) is 9.60. The van der Waals surface area contributed by atoms with Gasteiger partial charge in [-0.2, -0.15) is 0 Å². The number of aryl methyl sites for hydroxylation is 1. The van der Waals surface area contributed by atoms with Crippen molar-refractivity contribution in [3.05, 3.63) is 33.9 Å². The second kappa shape index (κ2) is 5.83. The van der Waals surface area contributed by atoms with Crippen LogP contribution in [0.25, 0.3) is 0 Å². The number of rotatable bonds is 6. The van der Waals surface area contributed by atoms with Crippen molar-refractivity contribution in [2.75, 3.05) is 11.9 Å². The predicted octanol–water partition coefficient (Wildman–Crippen LogP) is 1.58. The molecule has 0 spiro atoms. The molecule has 17 heavy (non-hydrogen) atoms. The van der Waals surface area contributed by atoms with Gasteiger partial charge < -0.3 is 11.1 Å². The third-order valence-electron chi connectivity index (χ3n) is 2.35. The maximum atomic E-state index is 10.6. The number of nitrogens with zero attached hydrogens (tertiary/aromatic N) is 1. The number of nitrogens with two attached hydrogens (primary N) is 1. The Labute approximate surface area is 99.0 Å². The zero-order chi connectivity index (χ0) is 12.8. The number of anilines is 1. The van der Waals surface area contributed by atoms with Crippen molar-refractivity contribution in [3.8, 4) is 0 Å². The van der Waals surface area contributed by atoms with Gasteiger partial charge in [0.15, 0.2) is 0 Å². The molecule has 6 heteroatoms. The molecule has 0 radical (unpaired) electrons. The van der Waals surface area contributed by atoms with E-state index in [0.717, 1.165) is 5.56 Å². The van der Waals surface area contributed by atoms with Gasteiger partial charge in [0.05, 0.1) is 4.92 Å². The van der Waals surface area contributed by atoms with E-state index in [1.54, 1.807) is 6.07 Å². The highest BCUT2D eigenvalue weighted by molar-refractivity contribution is 5.73. The summed E-state index contributed by atoms with van der Waals surface area (Å²) in [5, 5.41) is 13.7. The number of nitro groups is 1. The topological polar surface area (TPSA) is 98.3 Å². The molecule has 0 aliphatic rings. The quantitative estimate of drug-likeness (QED) is 0.445. The number of carbonyl (C=O) groups excluding carboxylic acids is 1. The number of nitro benzene ring substituents is 1. The van der Waals surface area contributed by atoms with E-state index in [0.29, 0.717) is 25.1 Å². The Kier molecular flexibility index (Phi) is 4.45. The number of nitrogens with one attached hydrogen (secondary N) is 1. The molecule has 0 bridgehead atoms. The smallest absolute Gasteiger partial charge is 0.271 e. The van der Waals surface area contributed by atoms with Crippen LogP contribution in [0.5, 0.6) is 0 Å². The highest BCUT2D eigenvalue weighted by Crippen LogP contribution is 2.21. The van der Waals surface area contributed by atoms with Gasteiger partial charge in [-0.05, 0) is 18.9 Å². The van der Waals surface area contributed by atoms with E-state index in [1.807, 2.05) is 6.92 Å². The third kappa shape index (κ3) is 4.10. The van der Waals surface area contributed by atoms with Gasteiger partial charge >= 0.3 is 0 Å². The molecule has 1 amide bonds. The minimum Gasteiger partial charge on any atom is -0.385 e. The maximum absolute atomic E-state index is 10.6. The molecule has 1 aromatic rings. The second-order valence-electron chi connectivity index (χ2n) is 3.75. The van der Waals surface area contributed by atoms with Crippen LogP contribution in [-0.2, 0) is 4.79 Å². The second-order valence-corrected chi connectivity index (χ2v) is 3.75. The normalized spacial score (nSPS) is 9.94. The average molecular weight is 237 g/mol. The van der Waals surface area contributed by atoms with Gasteiger partial charge in [0.25, 0.3) is 5.69 Å². The van der Waals surface area contributed by atoms with Crippen molar-refractivity contribution in [3.63, 3.8) is 0 Å². The highest BCUT2D eigenvalue weighted by atomic mass is 16.6. The van der Waals surface area contributed by atoms with Crippen LogP contribution < -0.4 is 11.1 Å². The molecule has 0 heterocycles. The fourth-order valence-electron chi connectivity index (χ4n) is 1.40. The Morgan fingerprint density at radius 3 is 2.82 bits per heavy atom. The first-order valence-corrected chi connectivity index (χ1v) is 5.28. The molecule has 0 aromatic heterocycles. The molecule has 1 aromatic carbocycles. The standard InChI is InChI=1S/C11H15N3O3/c1-8-4-5-9(14(16)17)7-10(8)13-6-2-3-11(12)15/h4-5,7,13H,2-3,6H2,1H3,(H2,12,15). The fourth-order valence-corrected chi connectivity index (χ4v) is 1.40. The van der Waals surface area contributed by atoms with Crippen LogP contribution >= 0.6 is 0 Å². The van der Waals surface area contributed by atoms with Gasteiger partial charge in [0.1, 0.15) is 0 Å². The molecule has 92 valence electrons. The van der Waals surface area contributed by atoms with Gasteiger partial charge in [-0.25, -0.2) is 0 Å². The number of amides is 1. The number of benzene rings is 1. The lowest BCUT2D eigenvalue weighted by molar-refractivity contribution is -0.384. The first kappa shape index (κ1) is 13.0. The van der Waals surface area contributed by atoms with Crippen molar-refractivity contribution >= 4 is 17.3 Å². The summed E-state index contributed by atoms with van der Waals surface area (Å²) in [5.74, 6) is -0.345. The molecule has 0 saturated carbocycles. The first-order chi connectivity index (χ1) is 8.00. The first-order valence-electron chi connectivity index (χ1n) is 5.28. The average Bonchev–Trinajstić information content (AvgIpc) is 2.25. The van der Waals surface area contributed by atoms with E-state index in [2.05, 4.69) is 5.32 Å². The lowest BCUT2D eigenvalue weighted by Gasteiger charge is -2.08. The van der Waals surface area contributed by atoms with Gasteiger partial charge in [0.2, 0.25) is 5.91 Å². The Bertz CT molecular complexity index is 432. The summed E-state index contributed by atoms with van der Waals surface area (Å²) in [5.41, 5.74) is 6.70. The van der Waals surface area contributed by atoms with E-state index in [1.165, 1.54) is 12.1 Å². The zero-order valence-corrected chi connectivity index (χ0v) is 9.60. The largest absolute Gasteiger partial charge is 0.385 e. The Balaban J connectivity index is 2.60. The van der Waals surface area contributed by atoms with Crippen molar-refractivity contribution in [1.29, 1.82) is 0 Å². The highest BCUT2D eigenvalue weighted by Gasteiger charge is 2.08. The summed E-state index contributed by atoms with van der Waals surface area (Å²) in [6.45, 7) is 2.42. The summed E-state index contributed by atoms with van der Waals surface area (Å²) < 4.78 is 0. The monoisotopic (exact) mass is 237 g/mol. The lowest BCUT2D eigenvalue weighted by atomic mass is 10.1. The van der Waals surface area contributed by atoms with Gasteiger partial charge in [-0.3, -0.25) is 14.9 Å². The van der Waals surface area contributed by atoms with E-state index in [-0.39, 0.29) is 11.6 Å². The molecular weight excluding hydrogens is 222 g/mol. The number of non-ortho nitro benzene ring substituents is 1. The van der Waals surface area contributed by atoms with Crippen molar-refractivity contribution in [1.82, 2.24) is 0 Å². The number of hydrogen-bond donors (Lipinski definition) is 2. The maximum Gasteiger partial charge on any atom is 0.271 e. The van der Waals surface area contributed by atoms with E-state index < -0.39 is 4.92 Å². The summed E-state index contributed by atoms with van der Waals surface area (Å²) in [6, 6.07) is 4.64. The summed E-state index contributed by atoms with van der Waals surface area (Å²) in [7, 11) is 0. The van der Waals surface area contributed by atoms with Crippen LogP contribution in [0, 0.1) is 17.0 Å². The molecule has 1 rings (SSSR count).